The molecule has 1 aromatic rings. The summed E-state index contributed by atoms with van der Waals surface area (Å²) in [5.41, 5.74) is 8.00. The average Bonchev–Trinajstić information content (AvgIpc) is 2.43. The number of fused-ring (bicyclic) bond motifs is 1. The van der Waals surface area contributed by atoms with E-state index in [4.69, 9.17) is 20.6 Å². The molecule has 0 aliphatic carbocycles. The second-order valence-electron chi connectivity index (χ2n) is 4.78. The van der Waals surface area contributed by atoms with E-state index in [1.165, 1.54) is 11.1 Å². The molecule has 0 fully saturated rings. The number of hydrogen-bond acceptors (Lipinski definition) is 4. The highest BCUT2D eigenvalue weighted by atomic mass is 16.5. The number of rotatable bonds is 5. The largest absolute Gasteiger partial charge is 0.493 e. The van der Waals surface area contributed by atoms with Crippen LogP contribution >= 0.6 is 0 Å². The summed E-state index contributed by atoms with van der Waals surface area (Å²) in [6.45, 7) is 2.71. The van der Waals surface area contributed by atoms with E-state index in [9.17, 15) is 0 Å². The van der Waals surface area contributed by atoms with Gasteiger partial charge in [0.05, 0.1) is 20.1 Å². The van der Waals surface area contributed by atoms with Crippen LogP contribution in [0.25, 0.3) is 0 Å². The Kier molecular flexibility index (Phi) is 4.27. The number of nitrogens with one attached hydrogen (secondary N) is 1. The van der Waals surface area contributed by atoms with Crippen molar-refractivity contribution in [3.05, 3.63) is 23.3 Å². The van der Waals surface area contributed by atoms with Gasteiger partial charge in [-0.05, 0) is 29.7 Å². The average molecular weight is 263 g/mol. The zero-order chi connectivity index (χ0) is 13.8. The van der Waals surface area contributed by atoms with Crippen molar-refractivity contribution in [2.45, 2.75) is 19.4 Å². The second-order valence-corrected chi connectivity index (χ2v) is 4.78. The van der Waals surface area contributed by atoms with Crippen molar-refractivity contribution in [2.75, 3.05) is 27.3 Å². The molecular weight excluding hydrogens is 242 g/mol. The Bertz CT molecular complexity index is 474. The molecule has 0 unspecified atom stereocenters. The number of benzene rings is 1. The summed E-state index contributed by atoms with van der Waals surface area (Å²) < 4.78 is 10.7. The normalized spacial score (nSPS) is 14.8. The van der Waals surface area contributed by atoms with Crippen LogP contribution in [0, 0.1) is 5.41 Å². The van der Waals surface area contributed by atoms with E-state index >= 15 is 0 Å². The van der Waals surface area contributed by atoms with Gasteiger partial charge in [0.2, 0.25) is 0 Å². The first-order chi connectivity index (χ1) is 9.13. The monoisotopic (exact) mass is 263 g/mol. The van der Waals surface area contributed by atoms with Crippen molar-refractivity contribution in [1.82, 2.24) is 4.90 Å². The van der Waals surface area contributed by atoms with E-state index in [-0.39, 0.29) is 5.84 Å². The van der Waals surface area contributed by atoms with Gasteiger partial charge in [0.1, 0.15) is 0 Å². The molecule has 2 rings (SSSR count). The summed E-state index contributed by atoms with van der Waals surface area (Å²) in [6, 6.07) is 4.12. The summed E-state index contributed by atoms with van der Waals surface area (Å²) >= 11 is 0. The van der Waals surface area contributed by atoms with Crippen molar-refractivity contribution in [3.63, 3.8) is 0 Å². The van der Waals surface area contributed by atoms with Crippen LogP contribution in [0.3, 0.4) is 0 Å². The fraction of sp³-hybridized carbons (Fsp3) is 0.500. The Morgan fingerprint density at radius 2 is 1.89 bits per heavy atom. The number of hydrogen-bond donors (Lipinski definition) is 2. The predicted molar refractivity (Wildman–Crippen MR) is 75.1 cm³/mol. The van der Waals surface area contributed by atoms with Crippen molar-refractivity contribution in [2.24, 2.45) is 5.73 Å². The first-order valence-corrected chi connectivity index (χ1v) is 6.43. The summed E-state index contributed by atoms with van der Waals surface area (Å²) in [7, 11) is 3.31. The Labute approximate surface area is 113 Å². The second kappa shape index (κ2) is 5.93. The van der Waals surface area contributed by atoms with Gasteiger partial charge in [0.15, 0.2) is 11.5 Å². The van der Waals surface area contributed by atoms with Crippen LogP contribution in [-0.2, 0) is 13.0 Å². The maximum Gasteiger partial charge on any atom is 0.161 e. The smallest absolute Gasteiger partial charge is 0.161 e. The Balaban J connectivity index is 2.13. The molecule has 0 radical (unpaired) electrons. The molecule has 0 bridgehead atoms. The van der Waals surface area contributed by atoms with Crippen molar-refractivity contribution in [3.8, 4) is 11.5 Å². The molecule has 1 heterocycles. The Morgan fingerprint density at radius 1 is 1.26 bits per heavy atom. The number of amidine groups is 1. The molecule has 1 aromatic carbocycles. The van der Waals surface area contributed by atoms with Crippen molar-refractivity contribution < 1.29 is 9.47 Å². The lowest BCUT2D eigenvalue weighted by Gasteiger charge is -2.29. The minimum absolute atomic E-state index is 0.248. The number of nitrogens with zero attached hydrogens (tertiary/aromatic N) is 1. The molecule has 0 aromatic heterocycles. The minimum Gasteiger partial charge on any atom is -0.493 e. The van der Waals surface area contributed by atoms with Crippen LogP contribution < -0.4 is 15.2 Å². The molecule has 0 spiro atoms. The molecule has 5 heteroatoms. The van der Waals surface area contributed by atoms with Crippen molar-refractivity contribution >= 4 is 5.84 Å². The van der Waals surface area contributed by atoms with Gasteiger partial charge >= 0.3 is 0 Å². The lowest BCUT2D eigenvalue weighted by atomic mass is 9.98. The zero-order valence-electron chi connectivity index (χ0n) is 11.5. The summed E-state index contributed by atoms with van der Waals surface area (Å²) in [4.78, 5) is 2.32. The SMILES string of the molecule is COc1cc2c(cc1OC)CN(CCC(=N)N)CC2. The molecule has 1 aliphatic heterocycles. The lowest BCUT2D eigenvalue weighted by Crippen LogP contribution is -2.33. The van der Waals surface area contributed by atoms with Gasteiger partial charge in [0.25, 0.3) is 0 Å². The molecule has 3 N–H and O–H groups in total. The zero-order valence-corrected chi connectivity index (χ0v) is 11.5. The van der Waals surface area contributed by atoms with E-state index < -0.39 is 0 Å². The third-order valence-electron chi connectivity index (χ3n) is 3.49. The predicted octanol–water partition coefficient (Wildman–Crippen LogP) is 1.39. The van der Waals surface area contributed by atoms with E-state index in [1.807, 2.05) is 6.07 Å². The molecule has 104 valence electrons. The molecule has 1 aliphatic rings. The highest BCUT2D eigenvalue weighted by molar-refractivity contribution is 5.76. The maximum atomic E-state index is 7.29. The third-order valence-corrected chi connectivity index (χ3v) is 3.49. The van der Waals surface area contributed by atoms with Gasteiger partial charge in [-0.2, -0.15) is 0 Å². The fourth-order valence-corrected chi connectivity index (χ4v) is 2.41. The molecular formula is C14H21N3O2. The van der Waals surface area contributed by atoms with Gasteiger partial charge < -0.3 is 15.2 Å². The van der Waals surface area contributed by atoms with Gasteiger partial charge in [-0.25, -0.2) is 0 Å². The van der Waals surface area contributed by atoms with Gasteiger partial charge in [-0.1, -0.05) is 0 Å². The van der Waals surface area contributed by atoms with E-state index in [1.54, 1.807) is 14.2 Å². The molecule has 0 amide bonds. The van der Waals surface area contributed by atoms with Crippen molar-refractivity contribution in [1.29, 1.82) is 5.41 Å². The van der Waals surface area contributed by atoms with Crippen LogP contribution in [0.4, 0.5) is 0 Å². The van der Waals surface area contributed by atoms with E-state index in [0.29, 0.717) is 6.42 Å². The van der Waals surface area contributed by atoms with E-state index in [0.717, 1.165) is 37.6 Å². The topological polar surface area (TPSA) is 71.6 Å². The number of methoxy groups -OCH3 is 2. The standard InChI is InChI=1S/C14H21N3O2/c1-18-12-7-10-3-5-17(6-4-14(15)16)9-11(10)8-13(12)19-2/h7-8H,3-6,9H2,1-2H3,(H3,15,16). The summed E-state index contributed by atoms with van der Waals surface area (Å²) in [5, 5.41) is 7.29. The molecule has 19 heavy (non-hydrogen) atoms. The maximum absolute atomic E-state index is 7.29. The number of ether oxygens (including phenoxy) is 2. The van der Waals surface area contributed by atoms with Crippen LogP contribution in [0.15, 0.2) is 12.1 Å². The Hall–Kier alpha value is -1.75. The quantitative estimate of drug-likeness (QED) is 0.622. The lowest BCUT2D eigenvalue weighted by molar-refractivity contribution is 0.259. The first kappa shape index (κ1) is 13.7. The highest BCUT2D eigenvalue weighted by Crippen LogP contribution is 2.33. The first-order valence-electron chi connectivity index (χ1n) is 6.43. The van der Waals surface area contributed by atoms with Crippen LogP contribution in [0.1, 0.15) is 17.5 Å². The van der Waals surface area contributed by atoms with Crippen LogP contribution in [0.2, 0.25) is 0 Å². The summed E-state index contributed by atoms with van der Waals surface area (Å²) in [6.07, 6.45) is 1.62. The summed E-state index contributed by atoms with van der Waals surface area (Å²) in [5.74, 6) is 1.81. The molecule has 0 saturated heterocycles. The van der Waals surface area contributed by atoms with Gasteiger partial charge in [-0.3, -0.25) is 10.3 Å². The third kappa shape index (κ3) is 3.17. The molecule has 5 nitrogen and oxygen atoms in total. The Morgan fingerprint density at radius 3 is 2.47 bits per heavy atom. The van der Waals surface area contributed by atoms with Gasteiger partial charge in [0, 0.05) is 26.1 Å². The molecule has 0 atom stereocenters. The van der Waals surface area contributed by atoms with Gasteiger partial charge in [-0.15, -0.1) is 0 Å². The fourth-order valence-electron chi connectivity index (χ4n) is 2.41. The highest BCUT2D eigenvalue weighted by Gasteiger charge is 2.19. The van der Waals surface area contributed by atoms with Crippen LogP contribution in [-0.4, -0.2) is 38.0 Å². The van der Waals surface area contributed by atoms with Crippen LogP contribution in [0.5, 0.6) is 11.5 Å². The number of nitrogens with two attached hydrogens (primary N) is 1. The van der Waals surface area contributed by atoms with E-state index in [2.05, 4.69) is 11.0 Å². The molecule has 0 saturated carbocycles. The minimum atomic E-state index is 0.248.